The maximum absolute atomic E-state index is 5.65. The second-order valence-electron chi connectivity index (χ2n) is 3.51. The van der Waals surface area contributed by atoms with Crippen molar-refractivity contribution in [3.8, 4) is 5.75 Å². The minimum atomic E-state index is 0.792. The van der Waals surface area contributed by atoms with Crippen LogP contribution in [0, 0.1) is 12.8 Å². The summed E-state index contributed by atoms with van der Waals surface area (Å²) in [6.45, 7) is 2.82. The van der Waals surface area contributed by atoms with Gasteiger partial charge in [-0.25, -0.2) is 0 Å². The van der Waals surface area contributed by atoms with Crippen LogP contribution in [0.15, 0.2) is 16.7 Å². The number of aryl methyl sites for hydroxylation is 1. The molecule has 1 aliphatic rings. The summed E-state index contributed by atoms with van der Waals surface area (Å²) < 4.78 is 6.60. The van der Waals surface area contributed by atoms with Crippen molar-refractivity contribution in [2.24, 2.45) is 5.92 Å². The molecule has 1 aromatic heterocycles. The molecule has 1 aromatic rings. The first-order chi connectivity index (χ1) is 6.25. The molecule has 0 unspecified atom stereocenters. The quantitative estimate of drug-likeness (QED) is 0.812. The van der Waals surface area contributed by atoms with E-state index in [4.69, 9.17) is 4.74 Å². The molecule has 3 heteroatoms. The van der Waals surface area contributed by atoms with E-state index in [1.807, 2.05) is 13.0 Å². The molecule has 0 aliphatic heterocycles. The third-order valence-corrected chi connectivity index (χ3v) is 2.72. The van der Waals surface area contributed by atoms with Crippen LogP contribution in [-0.4, -0.2) is 11.6 Å². The molecule has 0 bridgehead atoms. The highest BCUT2D eigenvalue weighted by Crippen LogP contribution is 2.31. The van der Waals surface area contributed by atoms with Gasteiger partial charge in [0.2, 0.25) is 0 Å². The molecule has 2 rings (SSSR count). The van der Waals surface area contributed by atoms with E-state index in [0.29, 0.717) is 0 Å². The topological polar surface area (TPSA) is 22.1 Å². The predicted molar refractivity (Wildman–Crippen MR) is 54.9 cm³/mol. The predicted octanol–water partition coefficient (Wildman–Crippen LogP) is 2.94. The van der Waals surface area contributed by atoms with Gasteiger partial charge in [0.25, 0.3) is 0 Å². The van der Waals surface area contributed by atoms with Crippen LogP contribution in [0.3, 0.4) is 0 Å². The van der Waals surface area contributed by atoms with Crippen LogP contribution in [0.1, 0.15) is 18.5 Å². The first-order valence-electron chi connectivity index (χ1n) is 4.50. The molecular formula is C10H12BrNO. The molecule has 1 fully saturated rings. The zero-order chi connectivity index (χ0) is 9.26. The second kappa shape index (κ2) is 3.66. The van der Waals surface area contributed by atoms with Gasteiger partial charge in [0.1, 0.15) is 5.75 Å². The highest BCUT2D eigenvalue weighted by atomic mass is 79.9. The average Bonchev–Trinajstić information content (AvgIpc) is 2.90. The van der Waals surface area contributed by atoms with Crippen molar-refractivity contribution in [1.82, 2.24) is 4.98 Å². The maximum Gasteiger partial charge on any atom is 0.136 e. The minimum Gasteiger partial charge on any atom is -0.492 e. The van der Waals surface area contributed by atoms with Gasteiger partial charge < -0.3 is 4.74 Å². The number of rotatable bonds is 3. The van der Waals surface area contributed by atoms with Crippen LogP contribution < -0.4 is 4.74 Å². The summed E-state index contributed by atoms with van der Waals surface area (Å²) in [7, 11) is 0. The number of hydrogen-bond donors (Lipinski definition) is 0. The summed E-state index contributed by atoms with van der Waals surface area (Å²) >= 11 is 3.41. The Morgan fingerprint density at radius 1 is 1.62 bits per heavy atom. The van der Waals surface area contributed by atoms with Crippen molar-refractivity contribution < 1.29 is 4.74 Å². The van der Waals surface area contributed by atoms with E-state index in [2.05, 4.69) is 20.9 Å². The van der Waals surface area contributed by atoms with Crippen LogP contribution >= 0.6 is 15.9 Å². The molecule has 2 nitrogen and oxygen atoms in total. The van der Waals surface area contributed by atoms with Gasteiger partial charge in [0.05, 0.1) is 11.1 Å². The largest absolute Gasteiger partial charge is 0.492 e. The van der Waals surface area contributed by atoms with Gasteiger partial charge >= 0.3 is 0 Å². The summed E-state index contributed by atoms with van der Waals surface area (Å²) in [4.78, 5) is 4.16. The normalized spacial score (nSPS) is 15.8. The molecule has 13 heavy (non-hydrogen) atoms. The summed E-state index contributed by atoms with van der Waals surface area (Å²) in [5.74, 6) is 1.71. The van der Waals surface area contributed by atoms with Crippen LogP contribution in [0.4, 0.5) is 0 Å². The lowest BCUT2D eigenvalue weighted by Crippen LogP contribution is -2.00. The van der Waals surface area contributed by atoms with Crippen LogP contribution in [0.25, 0.3) is 0 Å². The first-order valence-corrected chi connectivity index (χ1v) is 5.30. The molecule has 0 aromatic carbocycles. The van der Waals surface area contributed by atoms with E-state index in [1.165, 1.54) is 12.8 Å². The summed E-state index contributed by atoms with van der Waals surface area (Å²) in [6, 6.07) is 1.96. The molecule has 0 spiro atoms. The highest BCUT2D eigenvalue weighted by Gasteiger charge is 2.22. The lowest BCUT2D eigenvalue weighted by atomic mass is 10.3. The molecule has 70 valence electrons. The zero-order valence-electron chi connectivity index (χ0n) is 7.59. The highest BCUT2D eigenvalue weighted by molar-refractivity contribution is 9.10. The fourth-order valence-corrected chi connectivity index (χ4v) is 1.45. The van der Waals surface area contributed by atoms with Gasteiger partial charge in [-0.3, -0.25) is 4.98 Å². The number of ether oxygens (including phenoxy) is 1. The van der Waals surface area contributed by atoms with Gasteiger partial charge in [-0.1, -0.05) is 0 Å². The molecule has 0 saturated heterocycles. The van der Waals surface area contributed by atoms with E-state index < -0.39 is 0 Å². The molecule has 0 radical (unpaired) electrons. The van der Waals surface area contributed by atoms with E-state index >= 15 is 0 Å². The average molecular weight is 242 g/mol. The Labute approximate surface area is 86.5 Å². The van der Waals surface area contributed by atoms with E-state index in [1.54, 1.807) is 6.20 Å². The standard InChI is InChI=1S/C10H12BrNO/c1-7-4-10(9(11)5-12-7)13-6-8-2-3-8/h4-5,8H,2-3,6H2,1H3. The van der Waals surface area contributed by atoms with Crippen molar-refractivity contribution in [3.63, 3.8) is 0 Å². The first kappa shape index (κ1) is 9.00. The smallest absolute Gasteiger partial charge is 0.136 e. The van der Waals surface area contributed by atoms with Crippen LogP contribution in [-0.2, 0) is 0 Å². The van der Waals surface area contributed by atoms with Gasteiger partial charge in [0, 0.05) is 18.0 Å². The summed E-state index contributed by atoms with van der Waals surface area (Å²) in [5, 5.41) is 0. The van der Waals surface area contributed by atoms with Crippen molar-refractivity contribution in [1.29, 1.82) is 0 Å². The Bertz CT molecular complexity index is 310. The Kier molecular flexibility index (Phi) is 2.54. The monoisotopic (exact) mass is 241 g/mol. The lowest BCUT2D eigenvalue weighted by molar-refractivity contribution is 0.297. The third-order valence-electron chi connectivity index (χ3n) is 2.13. The van der Waals surface area contributed by atoms with Crippen molar-refractivity contribution in [3.05, 3.63) is 22.4 Å². The lowest BCUT2D eigenvalue weighted by Gasteiger charge is -2.07. The van der Waals surface area contributed by atoms with Gasteiger partial charge in [-0.15, -0.1) is 0 Å². The minimum absolute atomic E-state index is 0.792. The van der Waals surface area contributed by atoms with Gasteiger partial charge in [-0.05, 0) is 41.6 Å². The fraction of sp³-hybridized carbons (Fsp3) is 0.500. The van der Waals surface area contributed by atoms with Gasteiger partial charge in [0.15, 0.2) is 0 Å². The number of pyridine rings is 1. The number of nitrogens with zero attached hydrogens (tertiary/aromatic N) is 1. The molecule has 1 heterocycles. The maximum atomic E-state index is 5.65. The van der Waals surface area contributed by atoms with Crippen LogP contribution in [0.2, 0.25) is 0 Å². The van der Waals surface area contributed by atoms with Crippen LogP contribution in [0.5, 0.6) is 5.75 Å². The Morgan fingerprint density at radius 2 is 2.38 bits per heavy atom. The van der Waals surface area contributed by atoms with E-state index in [-0.39, 0.29) is 0 Å². The zero-order valence-corrected chi connectivity index (χ0v) is 9.17. The van der Waals surface area contributed by atoms with E-state index in [9.17, 15) is 0 Å². The molecule has 0 atom stereocenters. The third kappa shape index (κ3) is 2.44. The second-order valence-corrected chi connectivity index (χ2v) is 4.36. The Hall–Kier alpha value is -0.570. The summed E-state index contributed by atoms with van der Waals surface area (Å²) in [5.41, 5.74) is 0.994. The molecule has 1 aliphatic carbocycles. The van der Waals surface area contributed by atoms with Crippen molar-refractivity contribution >= 4 is 15.9 Å². The SMILES string of the molecule is Cc1cc(OCC2CC2)c(Br)cn1. The fourth-order valence-electron chi connectivity index (χ4n) is 1.12. The molecule has 1 saturated carbocycles. The molecule has 0 N–H and O–H groups in total. The summed E-state index contributed by atoms with van der Waals surface area (Å²) in [6.07, 6.45) is 4.43. The van der Waals surface area contributed by atoms with Crippen molar-refractivity contribution in [2.45, 2.75) is 19.8 Å². The molecular weight excluding hydrogens is 230 g/mol. The number of halogens is 1. The Balaban J connectivity index is 2.03. The van der Waals surface area contributed by atoms with E-state index in [0.717, 1.165) is 28.4 Å². The van der Waals surface area contributed by atoms with Gasteiger partial charge in [-0.2, -0.15) is 0 Å². The number of aromatic nitrogens is 1. The van der Waals surface area contributed by atoms with Crippen molar-refractivity contribution in [2.75, 3.05) is 6.61 Å². The Morgan fingerprint density at radius 3 is 3.08 bits per heavy atom. The number of hydrogen-bond acceptors (Lipinski definition) is 2. The molecule has 0 amide bonds.